The first-order chi connectivity index (χ1) is 8.12. The van der Waals surface area contributed by atoms with Crippen molar-refractivity contribution in [1.29, 1.82) is 0 Å². The number of aliphatic hydroxyl groups is 1. The van der Waals surface area contributed by atoms with E-state index in [9.17, 15) is 5.11 Å². The first kappa shape index (κ1) is 13.1. The molecule has 1 aliphatic heterocycles. The maximum atomic E-state index is 10.8. The van der Waals surface area contributed by atoms with Gasteiger partial charge in [-0.05, 0) is 37.9 Å². The molecule has 94 valence electrons. The van der Waals surface area contributed by atoms with E-state index in [2.05, 4.69) is 21.2 Å². The molecule has 0 radical (unpaired) electrons. The lowest BCUT2D eigenvalue weighted by atomic mass is 9.86. The summed E-state index contributed by atoms with van der Waals surface area (Å²) < 4.78 is 0.982. The molecule has 1 saturated heterocycles. The number of hydrogen-bond donors (Lipinski definition) is 2. The van der Waals surface area contributed by atoms with E-state index in [4.69, 9.17) is 0 Å². The predicted octanol–water partition coefficient (Wildman–Crippen LogP) is 3.19. The fourth-order valence-electron chi connectivity index (χ4n) is 2.57. The van der Waals surface area contributed by atoms with Crippen LogP contribution < -0.4 is 5.32 Å². The Bertz CT molecular complexity index is 370. The molecule has 0 spiro atoms. The summed E-state index contributed by atoms with van der Waals surface area (Å²) in [6.07, 6.45) is 4.70. The van der Waals surface area contributed by atoms with Gasteiger partial charge in [-0.15, -0.1) is 0 Å². The van der Waals surface area contributed by atoms with Crippen LogP contribution in [0.3, 0.4) is 0 Å². The van der Waals surface area contributed by atoms with Gasteiger partial charge in [0.1, 0.15) is 5.60 Å². The van der Waals surface area contributed by atoms with Crippen LogP contribution >= 0.6 is 15.9 Å². The van der Waals surface area contributed by atoms with Crippen LogP contribution in [0.25, 0.3) is 0 Å². The summed E-state index contributed by atoms with van der Waals surface area (Å²) in [6, 6.07) is 8.08. The van der Waals surface area contributed by atoms with Crippen molar-refractivity contribution in [3.8, 4) is 0 Å². The molecule has 1 aromatic carbocycles. The predicted molar refractivity (Wildman–Crippen MR) is 74.0 cm³/mol. The molecule has 0 bridgehead atoms. The highest BCUT2D eigenvalue weighted by molar-refractivity contribution is 9.10. The first-order valence-electron chi connectivity index (χ1n) is 6.33. The minimum Gasteiger partial charge on any atom is -0.384 e. The summed E-state index contributed by atoms with van der Waals surface area (Å²) in [5.41, 5.74) is 0.157. The van der Waals surface area contributed by atoms with Crippen molar-refractivity contribution in [1.82, 2.24) is 5.32 Å². The maximum absolute atomic E-state index is 10.8. The lowest BCUT2D eigenvalue weighted by Crippen LogP contribution is -2.46. The Hall–Kier alpha value is -0.380. The van der Waals surface area contributed by atoms with Crippen molar-refractivity contribution in [2.45, 2.75) is 44.2 Å². The Labute approximate surface area is 112 Å². The average molecular weight is 298 g/mol. The number of nitrogens with one attached hydrogen (secondary N) is 1. The second-order valence-corrected chi connectivity index (χ2v) is 5.84. The number of benzene rings is 1. The van der Waals surface area contributed by atoms with Gasteiger partial charge < -0.3 is 10.4 Å². The summed E-state index contributed by atoms with van der Waals surface area (Å²) in [5, 5.41) is 14.3. The molecule has 0 amide bonds. The van der Waals surface area contributed by atoms with Gasteiger partial charge in [-0.2, -0.15) is 0 Å². The third-order valence-corrected chi connectivity index (χ3v) is 4.35. The van der Waals surface area contributed by atoms with Crippen molar-refractivity contribution in [2.24, 2.45) is 0 Å². The van der Waals surface area contributed by atoms with Crippen LogP contribution in [0.1, 0.15) is 38.2 Å². The monoisotopic (exact) mass is 297 g/mol. The minimum atomic E-state index is -0.815. The van der Waals surface area contributed by atoms with Gasteiger partial charge in [0.05, 0.1) is 0 Å². The van der Waals surface area contributed by atoms with E-state index >= 15 is 0 Å². The molecule has 0 saturated carbocycles. The summed E-state index contributed by atoms with van der Waals surface area (Å²) in [4.78, 5) is 0. The molecular formula is C14H20BrNO. The standard InChI is InChI=1S/C14H20BrNO/c1-14(17,11-7-4-5-8-12(11)15)13-9-3-2-6-10-16-13/h4-5,7-8,13,16-17H,2-3,6,9-10H2,1H3. The Morgan fingerprint density at radius 3 is 2.82 bits per heavy atom. The van der Waals surface area contributed by atoms with Gasteiger partial charge in [0.2, 0.25) is 0 Å². The van der Waals surface area contributed by atoms with Crippen LogP contribution in [0.4, 0.5) is 0 Å². The average Bonchev–Trinajstić information content (AvgIpc) is 2.58. The third kappa shape index (κ3) is 2.90. The van der Waals surface area contributed by atoms with Crippen LogP contribution in [0.15, 0.2) is 28.7 Å². The number of halogens is 1. The number of hydrogen-bond acceptors (Lipinski definition) is 2. The van der Waals surface area contributed by atoms with E-state index in [-0.39, 0.29) is 6.04 Å². The molecule has 2 atom stereocenters. The van der Waals surface area contributed by atoms with Crippen molar-refractivity contribution >= 4 is 15.9 Å². The second-order valence-electron chi connectivity index (χ2n) is 4.98. The summed E-state index contributed by atoms with van der Waals surface area (Å²) >= 11 is 3.53. The number of rotatable bonds is 2. The summed E-state index contributed by atoms with van der Waals surface area (Å²) in [7, 11) is 0. The highest BCUT2D eigenvalue weighted by atomic mass is 79.9. The van der Waals surface area contributed by atoms with Gasteiger partial charge in [-0.3, -0.25) is 0 Å². The molecular weight excluding hydrogens is 278 g/mol. The fraction of sp³-hybridized carbons (Fsp3) is 0.571. The van der Waals surface area contributed by atoms with Crippen molar-refractivity contribution in [3.05, 3.63) is 34.3 Å². The zero-order valence-electron chi connectivity index (χ0n) is 10.2. The third-order valence-electron chi connectivity index (χ3n) is 3.66. The smallest absolute Gasteiger partial charge is 0.103 e. The molecule has 3 heteroatoms. The highest BCUT2D eigenvalue weighted by Crippen LogP contribution is 2.33. The first-order valence-corrected chi connectivity index (χ1v) is 7.12. The largest absolute Gasteiger partial charge is 0.384 e. The maximum Gasteiger partial charge on any atom is 0.103 e. The van der Waals surface area contributed by atoms with Crippen LogP contribution in [0.5, 0.6) is 0 Å². The molecule has 2 unspecified atom stereocenters. The van der Waals surface area contributed by atoms with E-state index in [1.807, 2.05) is 31.2 Å². The van der Waals surface area contributed by atoms with Gasteiger partial charge in [0.15, 0.2) is 0 Å². The molecule has 0 aliphatic carbocycles. The van der Waals surface area contributed by atoms with Gasteiger partial charge in [0, 0.05) is 10.5 Å². The molecule has 1 aromatic rings. The van der Waals surface area contributed by atoms with Gasteiger partial charge in [-0.25, -0.2) is 0 Å². The quantitative estimate of drug-likeness (QED) is 0.879. The SMILES string of the molecule is CC(O)(c1ccccc1Br)C1CCCCCN1. The van der Waals surface area contributed by atoms with Crippen LogP contribution in [-0.4, -0.2) is 17.7 Å². The molecule has 2 N–H and O–H groups in total. The van der Waals surface area contributed by atoms with Crippen LogP contribution in [0, 0.1) is 0 Å². The molecule has 2 rings (SSSR count). The van der Waals surface area contributed by atoms with E-state index in [0.717, 1.165) is 23.0 Å². The molecule has 0 aromatic heterocycles. The second kappa shape index (κ2) is 5.51. The lowest BCUT2D eigenvalue weighted by molar-refractivity contribution is 0.0129. The van der Waals surface area contributed by atoms with Crippen molar-refractivity contribution in [3.63, 3.8) is 0 Å². The van der Waals surface area contributed by atoms with E-state index in [0.29, 0.717) is 0 Å². The Morgan fingerprint density at radius 1 is 1.29 bits per heavy atom. The van der Waals surface area contributed by atoms with Crippen molar-refractivity contribution < 1.29 is 5.11 Å². The zero-order chi connectivity index (χ0) is 12.3. The molecule has 17 heavy (non-hydrogen) atoms. The Kier molecular flexibility index (Phi) is 4.23. The minimum absolute atomic E-state index is 0.142. The lowest BCUT2D eigenvalue weighted by Gasteiger charge is -2.34. The molecule has 1 fully saturated rings. The normalized spacial score (nSPS) is 25.0. The van der Waals surface area contributed by atoms with Gasteiger partial charge in [-0.1, -0.05) is 47.0 Å². The Morgan fingerprint density at radius 2 is 2.06 bits per heavy atom. The fourth-order valence-corrected chi connectivity index (χ4v) is 3.25. The van der Waals surface area contributed by atoms with Crippen LogP contribution in [-0.2, 0) is 5.60 Å². The Balaban J connectivity index is 2.25. The van der Waals surface area contributed by atoms with E-state index in [1.165, 1.54) is 19.3 Å². The van der Waals surface area contributed by atoms with E-state index in [1.54, 1.807) is 0 Å². The molecule has 1 aliphatic rings. The van der Waals surface area contributed by atoms with Gasteiger partial charge in [0.25, 0.3) is 0 Å². The van der Waals surface area contributed by atoms with Crippen molar-refractivity contribution in [2.75, 3.05) is 6.54 Å². The van der Waals surface area contributed by atoms with E-state index < -0.39 is 5.60 Å². The topological polar surface area (TPSA) is 32.3 Å². The molecule has 2 nitrogen and oxygen atoms in total. The van der Waals surface area contributed by atoms with Gasteiger partial charge >= 0.3 is 0 Å². The molecule has 1 heterocycles. The zero-order valence-corrected chi connectivity index (χ0v) is 11.8. The van der Waals surface area contributed by atoms with Crippen LogP contribution in [0.2, 0.25) is 0 Å². The summed E-state index contributed by atoms with van der Waals surface area (Å²) in [5.74, 6) is 0. The highest BCUT2D eigenvalue weighted by Gasteiger charge is 2.34. The summed E-state index contributed by atoms with van der Waals surface area (Å²) in [6.45, 7) is 2.92.